The number of carbonyl (C=O) groups excluding carboxylic acids is 1. The van der Waals surface area contributed by atoms with E-state index in [0.717, 1.165) is 34.6 Å². The summed E-state index contributed by atoms with van der Waals surface area (Å²) >= 11 is 0. The summed E-state index contributed by atoms with van der Waals surface area (Å²) in [6, 6.07) is 24.9. The summed E-state index contributed by atoms with van der Waals surface area (Å²) in [5.41, 5.74) is 3.39. The third-order valence-electron chi connectivity index (χ3n) is 7.04. The van der Waals surface area contributed by atoms with Crippen molar-refractivity contribution in [3.05, 3.63) is 113 Å². The number of carboxylic acid groups (broad SMARTS) is 1. The van der Waals surface area contributed by atoms with Crippen LogP contribution in [0.1, 0.15) is 28.7 Å². The van der Waals surface area contributed by atoms with Gasteiger partial charge in [-0.2, -0.15) is 13.2 Å². The summed E-state index contributed by atoms with van der Waals surface area (Å²) in [5.74, 6) is 0.161. The fourth-order valence-electron chi connectivity index (χ4n) is 4.55. The number of methoxy groups -OCH3 is 1. The molecule has 2 N–H and O–H groups in total. The number of rotatable bonds is 12. The van der Waals surface area contributed by atoms with Crippen LogP contribution in [0.25, 0.3) is 11.1 Å². The zero-order valence-electron chi connectivity index (χ0n) is 24.4. The molecular formula is C34H33F3N2O5. The number of nitrogens with one attached hydrogen (secondary N) is 1. The van der Waals surface area contributed by atoms with Crippen LogP contribution in [-0.4, -0.2) is 37.8 Å². The minimum Gasteiger partial charge on any atom is -0.497 e. The second-order valence-electron chi connectivity index (χ2n) is 10.1. The first-order chi connectivity index (χ1) is 21.0. The van der Waals surface area contributed by atoms with Crippen LogP contribution in [0.5, 0.6) is 11.5 Å². The summed E-state index contributed by atoms with van der Waals surface area (Å²) in [6.45, 7) is 0.312. The molecule has 2 amide bonds. The molecule has 0 spiro atoms. The minimum absolute atomic E-state index is 0.132. The molecule has 0 atom stereocenters. The molecule has 0 saturated carbocycles. The van der Waals surface area contributed by atoms with E-state index in [1.807, 2.05) is 48.5 Å². The third-order valence-corrected chi connectivity index (χ3v) is 7.04. The normalized spacial score (nSPS) is 11.1. The van der Waals surface area contributed by atoms with Crippen molar-refractivity contribution < 1.29 is 37.3 Å². The van der Waals surface area contributed by atoms with Gasteiger partial charge in [-0.1, -0.05) is 48.5 Å². The molecule has 7 nitrogen and oxygen atoms in total. The molecule has 4 rings (SSSR count). The van der Waals surface area contributed by atoms with Crippen LogP contribution in [0, 0.1) is 0 Å². The average molecular weight is 607 g/mol. The maximum Gasteiger partial charge on any atom is 0.416 e. The predicted octanol–water partition coefficient (Wildman–Crippen LogP) is 7.37. The van der Waals surface area contributed by atoms with Gasteiger partial charge in [-0.3, -0.25) is 9.69 Å². The smallest absolute Gasteiger partial charge is 0.416 e. The van der Waals surface area contributed by atoms with Crippen LogP contribution in [0.4, 0.5) is 23.7 Å². The second-order valence-corrected chi connectivity index (χ2v) is 10.1. The topological polar surface area (TPSA) is 88.1 Å². The first-order valence-corrected chi connectivity index (χ1v) is 13.9. The second kappa shape index (κ2) is 14.5. The minimum atomic E-state index is -4.48. The van der Waals surface area contributed by atoms with Crippen LogP contribution < -0.4 is 19.7 Å². The van der Waals surface area contributed by atoms with Crippen molar-refractivity contribution in [2.75, 3.05) is 25.6 Å². The Kier molecular flexibility index (Phi) is 10.5. The molecule has 4 aromatic carbocycles. The highest BCUT2D eigenvalue weighted by Gasteiger charge is 2.30. The molecule has 10 heteroatoms. The van der Waals surface area contributed by atoms with Crippen LogP contribution in [0.3, 0.4) is 0 Å². The number of carbonyl (C=O) groups is 2. The molecular weight excluding hydrogens is 573 g/mol. The van der Waals surface area contributed by atoms with E-state index in [4.69, 9.17) is 9.47 Å². The number of amides is 2. The van der Waals surface area contributed by atoms with Gasteiger partial charge in [0, 0.05) is 25.7 Å². The number of halogens is 3. The lowest BCUT2D eigenvalue weighted by Crippen LogP contribution is -2.38. The molecule has 0 aliphatic carbocycles. The van der Waals surface area contributed by atoms with Gasteiger partial charge in [0.2, 0.25) is 0 Å². The SMILES string of the molecule is COc1ccc(CCNC(=O)N(C)c2cccc(-c3ccc(CCC(=O)O)c(OCc4cccc(C(F)(F)F)c4)c3)c2)cc1. The van der Waals surface area contributed by atoms with Crippen molar-refractivity contribution in [3.8, 4) is 22.6 Å². The lowest BCUT2D eigenvalue weighted by atomic mass is 10.00. The van der Waals surface area contributed by atoms with Gasteiger partial charge in [-0.25, -0.2) is 4.79 Å². The van der Waals surface area contributed by atoms with Gasteiger partial charge in [-0.15, -0.1) is 0 Å². The maximum atomic E-state index is 13.2. The molecule has 0 radical (unpaired) electrons. The number of ether oxygens (including phenoxy) is 2. The van der Waals surface area contributed by atoms with E-state index in [1.54, 1.807) is 32.4 Å². The Bertz CT molecular complexity index is 1590. The largest absolute Gasteiger partial charge is 0.497 e. The summed E-state index contributed by atoms with van der Waals surface area (Å²) in [4.78, 5) is 25.6. The molecule has 0 bridgehead atoms. The number of alkyl halides is 3. The Hall–Kier alpha value is -4.99. The summed E-state index contributed by atoms with van der Waals surface area (Å²) in [7, 11) is 3.27. The Morgan fingerprint density at radius 1 is 0.864 bits per heavy atom. The number of carboxylic acids is 1. The summed E-state index contributed by atoms with van der Waals surface area (Å²) < 4.78 is 50.7. The highest BCUT2D eigenvalue weighted by Crippen LogP contribution is 2.32. The van der Waals surface area contributed by atoms with E-state index in [1.165, 1.54) is 17.0 Å². The van der Waals surface area contributed by atoms with E-state index in [2.05, 4.69) is 5.32 Å². The summed E-state index contributed by atoms with van der Waals surface area (Å²) in [6.07, 6.45) is -3.77. The zero-order valence-corrected chi connectivity index (χ0v) is 24.4. The van der Waals surface area contributed by atoms with Crippen LogP contribution >= 0.6 is 0 Å². The highest BCUT2D eigenvalue weighted by atomic mass is 19.4. The predicted molar refractivity (Wildman–Crippen MR) is 162 cm³/mol. The van der Waals surface area contributed by atoms with Crippen LogP contribution in [0.2, 0.25) is 0 Å². The van der Waals surface area contributed by atoms with Gasteiger partial charge in [-0.05, 0) is 83.1 Å². The van der Waals surface area contributed by atoms with Gasteiger partial charge in [0.05, 0.1) is 12.7 Å². The molecule has 0 heterocycles. The van der Waals surface area contributed by atoms with Gasteiger partial charge in [0.25, 0.3) is 0 Å². The molecule has 0 unspecified atom stereocenters. The first kappa shape index (κ1) is 31.9. The average Bonchev–Trinajstić information content (AvgIpc) is 3.02. The number of nitrogens with zero attached hydrogens (tertiary/aromatic N) is 1. The van der Waals surface area contributed by atoms with E-state index in [0.29, 0.717) is 35.5 Å². The standard InChI is InChI=1S/C34H33F3N2O5/c1-39(33(42)38-18-17-23-9-14-30(43-2)15-10-23)29-8-4-6-26(20-29)27-12-11-25(13-16-32(40)41)31(21-27)44-22-24-5-3-7-28(19-24)34(35,36)37/h3-12,14-15,19-21H,13,16-18,22H2,1-2H3,(H,38,42)(H,40,41). The van der Waals surface area contributed by atoms with Crippen molar-refractivity contribution in [2.24, 2.45) is 0 Å². The first-order valence-electron chi connectivity index (χ1n) is 13.9. The molecule has 0 aliphatic rings. The number of aliphatic carboxylic acids is 1. The number of hydrogen-bond acceptors (Lipinski definition) is 4. The van der Waals surface area contributed by atoms with Gasteiger partial charge in [0.15, 0.2) is 0 Å². The highest BCUT2D eigenvalue weighted by molar-refractivity contribution is 5.92. The Morgan fingerprint density at radius 2 is 1.59 bits per heavy atom. The fourth-order valence-corrected chi connectivity index (χ4v) is 4.55. The number of benzene rings is 4. The number of anilines is 1. The quantitative estimate of drug-likeness (QED) is 0.176. The molecule has 0 saturated heterocycles. The van der Waals surface area contributed by atoms with Gasteiger partial charge >= 0.3 is 18.2 Å². The Labute approximate surface area is 253 Å². The van der Waals surface area contributed by atoms with Crippen molar-refractivity contribution in [3.63, 3.8) is 0 Å². The maximum absolute atomic E-state index is 13.2. The van der Waals surface area contributed by atoms with E-state index < -0.39 is 17.7 Å². The number of urea groups is 1. The van der Waals surface area contributed by atoms with E-state index >= 15 is 0 Å². The lowest BCUT2D eigenvalue weighted by molar-refractivity contribution is -0.138. The zero-order chi connectivity index (χ0) is 31.7. The molecule has 0 aliphatic heterocycles. The molecule has 0 fully saturated rings. The lowest BCUT2D eigenvalue weighted by Gasteiger charge is -2.19. The van der Waals surface area contributed by atoms with E-state index in [9.17, 15) is 27.9 Å². The van der Waals surface area contributed by atoms with Gasteiger partial charge < -0.3 is 19.9 Å². The van der Waals surface area contributed by atoms with Crippen molar-refractivity contribution in [1.29, 1.82) is 0 Å². The Morgan fingerprint density at radius 3 is 2.30 bits per heavy atom. The van der Waals surface area contributed by atoms with E-state index in [-0.39, 0.29) is 25.5 Å². The van der Waals surface area contributed by atoms with Crippen molar-refractivity contribution in [2.45, 2.75) is 32.0 Å². The fraction of sp³-hybridized carbons (Fsp3) is 0.235. The molecule has 44 heavy (non-hydrogen) atoms. The number of hydrogen-bond donors (Lipinski definition) is 2. The molecule has 4 aromatic rings. The van der Waals surface area contributed by atoms with Crippen LogP contribution in [0.15, 0.2) is 91.0 Å². The molecule has 230 valence electrons. The molecule has 0 aromatic heterocycles. The van der Waals surface area contributed by atoms with Crippen molar-refractivity contribution in [1.82, 2.24) is 5.32 Å². The number of aryl methyl sites for hydroxylation is 1. The summed E-state index contributed by atoms with van der Waals surface area (Å²) in [5, 5.41) is 12.1. The monoisotopic (exact) mass is 606 g/mol. The third kappa shape index (κ3) is 8.76. The van der Waals surface area contributed by atoms with Crippen molar-refractivity contribution >= 4 is 17.7 Å². The Balaban J connectivity index is 1.48. The van der Waals surface area contributed by atoms with Crippen LogP contribution in [-0.2, 0) is 30.4 Å². The van der Waals surface area contributed by atoms with Gasteiger partial charge in [0.1, 0.15) is 18.1 Å².